The summed E-state index contributed by atoms with van der Waals surface area (Å²) in [5.41, 5.74) is 0. The number of Topliss-reactive ketones (excluding diaryl/α,β-unsaturated/α-hetero) is 1. The van der Waals surface area contributed by atoms with Crippen molar-refractivity contribution in [3.8, 4) is 0 Å². The van der Waals surface area contributed by atoms with Gasteiger partial charge < -0.3 is 9.69 Å². The molecular formula is C9H19NO. The zero-order valence-electron chi connectivity index (χ0n) is 8.05. The maximum atomic E-state index is 10.8. The lowest BCUT2D eigenvalue weighted by Gasteiger charge is -2.17. The monoisotopic (exact) mass is 157 g/mol. The molecule has 2 heteroatoms. The van der Waals surface area contributed by atoms with Gasteiger partial charge >= 0.3 is 0 Å². The molecule has 1 unspecified atom stereocenters. The van der Waals surface area contributed by atoms with E-state index in [-0.39, 0.29) is 0 Å². The molecule has 0 fully saturated rings. The van der Waals surface area contributed by atoms with Gasteiger partial charge in [0.25, 0.3) is 0 Å². The zero-order chi connectivity index (χ0) is 8.85. The van der Waals surface area contributed by atoms with E-state index in [9.17, 15) is 4.79 Å². The van der Waals surface area contributed by atoms with Crippen LogP contribution in [0.3, 0.4) is 0 Å². The van der Waals surface area contributed by atoms with E-state index in [2.05, 4.69) is 11.8 Å². The average molecular weight is 157 g/mol. The fourth-order valence-electron chi connectivity index (χ4n) is 1.26. The van der Waals surface area contributed by atoms with E-state index in [0.717, 1.165) is 19.4 Å². The van der Waals surface area contributed by atoms with Crippen molar-refractivity contribution in [3.05, 3.63) is 0 Å². The standard InChI is InChI=1S/C9H19NO/c1-5-9(6-8(2)11)7-10(3)4/h9H,5-7H2,1-4H3. The maximum Gasteiger partial charge on any atom is 0.130 e. The van der Waals surface area contributed by atoms with Gasteiger partial charge in [0.1, 0.15) is 5.78 Å². The van der Waals surface area contributed by atoms with Crippen molar-refractivity contribution in [2.75, 3.05) is 20.6 Å². The second-order valence-electron chi connectivity index (χ2n) is 3.44. The molecule has 11 heavy (non-hydrogen) atoms. The maximum absolute atomic E-state index is 10.8. The number of ketones is 1. The van der Waals surface area contributed by atoms with Crippen molar-refractivity contribution in [2.24, 2.45) is 5.92 Å². The third kappa shape index (κ3) is 6.05. The van der Waals surface area contributed by atoms with E-state index in [1.54, 1.807) is 6.92 Å². The molecular weight excluding hydrogens is 138 g/mol. The van der Waals surface area contributed by atoms with Crippen LogP contribution in [0.5, 0.6) is 0 Å². The highest BCUT2D eigenvalue weighted by molar-refractivity contribution is 5.75. The van der Waals surface area contributed by atoms with Gasteiger partial charge in [-0.05, 0) is 26.9 Å². The lowest BCUT2D eigenvalue weighted by atomic mass is 10.00. The summed E-state index contributed by atoms with van der Waals surface area (Å²) in [5, 5.41) is 0. The minimum Gasteiger partial charge on any atom is -0.309 e. The second kappa shape index (κ2) is 5.30. The van der Waals surface area contributed by atoms with Crippen LogP contribution >= 0.6 is 0 Å². The van der Waals surface area contributed by atoms with Crippen LogP contribution in [0, 0.1) is 5.92 Å². The Morgan fingerprint density at radius 1 is 1.45 bits per heavy atom. The van der Waals surface area contributed by atoms with Gasteiger partial charge in [0, 0.05) is 13.0 Å². The van der Waals surface area contributed by atoms with Crippen LogP contribution in [0.1, 0.15) is 26.7 Å². The smallest absolute Gasteiger partial charge is 0.130 e. The predicted molar refractivity (Wildman–Crippen MR) is 47.6 cm³/mol. The molecule has 0 rings (SSSR count). The first kappa shape index (κ1) is 10.6. The van der Waals surface area contributed by atoms with Gasteiger partial charge in [0.05, 0.1) is 0 Å². The highest BCUT2D eigenvalue weighted by Gasteiger charge is 2.09. The van der Waals surface area contributed by atoms with E-state index < -0.39 is 0 Å². The molecule has 0 spiro atoms. The summed E-state index contributed by atoms with van der Waals surface area (Å²) in [6.07, 6.45) is 1.83. The number of hydrogen-bond donors (Lipinski definition) is 0. The highest BCUT2D eigenvalue weighted by atomic mass is 16.1. The Labute approximate surface area is 69.6 Å². The summed E-state index contributed by atoms with van der Waals surface area (Å²) in [6.45, 7) is 4.82. The summed E-state index contributed by atoms with van der Waals surface area (Å²) < 4.78 is 0. The minimum atomic E-state index is 0.304. The lowest BCUT2D eigenvalue weighted by Crippen LogP contribution is -2.22. The molecule has 0 aromatic carbocycles. The van der Waals surface area contributed by atoms with Crippen molar-refractivity contribution < 1.29 is 4.79 Å². The molecule has 0 aromatic rings. The Hall–Kier alpha value is -0.370. The van der Waals surface area contributed by atoms with Crippen LogP contribution in [0.4, 0.5) is 0 Å². The topological polar surface area (TPSA) is 20.3 Å². The zero-order valence-corrected chi connectivity index (χ0v) is 8.05. The number of nitrogens with zero attached hydrogens (tertiary/aromatic N) is 1. The number of rotatable bonds is 5. The highest BCUT2D eigenvalue weighted by Crippen LogP contribution is 2.08. The molecule has 0 aliphatic carbocycles. The molecule has 66 valence electrons. The van der Waals surface area contributed by atoms with E-state index in [0.29, 0.717) is 11.7 Å². The van der Waals surface area contributed by atoms with Gasteiger partial charge in [0.2, 0.25) is 0 Å². The molecule has 0 radical (unpaired) electrons. The average Bonchev–Trinajstić information content (AvgIpc) is 1.84. The van der Waals surface area contributed by atoms with E-state index in [1.807, 2.05) is 14.1 Å². The van der Waals surface area contributed by atoms with Gasteiger partial charge in [-0.2, -0.15) is 0 Å². The molecule has 0 aromatic heterocycles. The molecule has 0 aliphatic rings. The minimum absolute atomic E-state index is 0.304. The number of carbonyl (C=O) groups excluding carboxylic acids is 1. The molecule has 0 N–H and O–H groups in total. The third-order valence-corrected chi connectivity index (χ3v) is 1.78. The van der Waals surface area contributed by atoms with Gasteiger partial charge in [-0.3, -0.25) is 0 Å². The molecule has 0 bridgehead atoms. The first-order chi connectivity index (χ1) is 5.06. The summed E-state index contributed by atoms with van der Waals surface area (Å²) in [4.78, 5) is 12.9. The van der Waals surface area contributed by atoms with Gasteiger partial charge in [-0.25, -0.2) is 0 Å². The van der Waals surface area contributed by atoms with Gasteiger partial charge in [0.15, 0.2) is 0 Å². The Morgan fingerprint density at radius 2 is 2.00 bits per heavy atom. The lowest BCUT2D eigenvalue weighted by molar-refractivity contribution is -0.118. The summed E-state index contributed by atoms with van der Waals surface area (Å²) in [6, 6.07) is 0. The first-order valence-electron chi connectivity index (χ1n) is 4.20. The van der Waals surface area contributed by atoms with Crippen molar-refractivity contribution in [1.82, 2.24) is 4.90 Å². The molecule has 2 nitrogen and oxygen atoms in total. The molecule has 1 atom stereocenters. The summed E-state index contributed by atoms with van der Waals surface area (Å²) >= 11 is 0. The molecule has 0 saturated heterocycles. The SMILES string of the molecule is CCC(CC(C)=O)CN(C)C. The molecule has 0 amide bonds. The van der Waals surface area contributed by atoms with Gasteiger partial charge in [-0.15, -0.1) is 0 Å². The van der Waals surface area contributed by atoms with Crippen LogP contribution in [-0.2, 0) is 4.79 Å². The Bertz CT molecular complexity index is 121. The van der Waals surface area contributed by atoms with Crippen molar-refractivity contribution in [1.29, 1.82) is 0 Å². The third-order valence-electron chi connectivity index (χ3n) is 1.78. The number of hydrogen-bond acceptors (Lipinski definition) is 2. The Kier molecular flexibility index (Phi) is 5.12. The van der Waals surface area contributed by atoms with E-state index >= 15 is 0 Å². The Morgan fingerprint density at radius 3 is 2.27 bits per heavy atom. The van der Waals surface area contributed by atoms with Gasteiger partial charge in [-0.1, -0.05) is 13.3 Å². The van der Waals surface area contributed by atoms with Crippen LogP contribution in [0.25, 0.3) is 0 Å². The largest absolute Gasteiger partial charge is 0.309 e. The quantitative estimate of drug-likeness (QED) is 0.603. The Balaban J connectivity index is 3.66. The summed E-state index contributed by atoms with van der Waals surface area (Å²) in [7, 11) is 4.09. The second-order valence-corrected chi connectivity index (χ2v) is 3.44. The molecule has 0 heterocycles. The number of carbonyl (C=O) groups is 1. The van der Waals surface area contributed by atoms with Crippen LogP contribution < -0.4 is 0 Å². The van der Waals surface area contributed by atoms with Crippen molar-refractivity contribution >= 4 is 5.78 Å². The summed E-state index contributed by atoms with van der Waals surface area (Å²) in [5.74, 6) is 0.848. The predicted octanol–water partition coefficient (Wildman–Crippen LogP) is 1.55. The first-order valence-corrected chi connectivity index (χ1v) is 4.20. The van der Waals surface area contributed by atoms with Crippen LogP contribution in [0.2, 0.25) is 0 Å². The van der Waals surface area contributed by atoms with Crippen molar-refractivity contribution in [2.45, 2.75) is 26.7 Å². The van der Waals surface area contributed by atoms with Crippen LogP contribution in [0.15, 0.2) is 0 Å². The van der Waals surface area contributed by atoms with E-state index in [1.165, 1.54) is 0 Å². The fraction of sp³-hybridized carbons (Fsp3) is 0.889. The van der Waals surface area contributed by atoms with Crippen molar-refractivity contribution in [3.63, 3.8) is 0 Å². The molecule has 0 aliphatic heterocycles. The normalized spacial score (nSPS) is 13.5. The molecule has 0 saturated carbocycles. The van der Waals surface area contributed by atoms with E-state index in [4.69, 9.17) is 0 Å². The fourth-order valence-corrected chi connectivity index (χ4v) is 1.26. The van der Waals surface area contributed by atoms with Crippen LogP contribution in [-0.4, -0.2) is 31.3 Å².